The van der Waals surface area contributed by atoms with E-state index in [1.165, 1.54) is 0 Å². The molecule has 0 saturated carbocycles. The summed E-state index contributed by atoms with van der Waals surface area (Å²) in [5.41, 5.74) is 1.09. The second-order valence-electron chi connectivity index (χ2n) is 6.44. The van der Waals surface area contributed by atoms with Crippen molar-refractivity contribution in [3.8, 4) is 0 Å². The molecule has 0 aliphatic heterocycles. The lowest BCUT2D eigenvalue weighted by atomic mass is 9.66. The lowest BCUT2D eigenvalue weighted by Crippen LogP contribution is -2.45. The van der Waals surface area contributed by atoms with E-state index in [1.807, 2.05) is 74.8 Å². The highest BCUT2D eigenvalue weighted by atomic mass is 35.5. The van der Waals surface area contributed by atoms with Crippen molar-refractivity contribution >= 4 is 12.4 Å². The van der Waals surface area contributed by atoms with Gasteiger partial charge in [0.1, 0.15) is 0 Å². The number of aliphatic hydroxyl groups is 1. The predicted octanol–water partition coefficient (Wildman–Crippen LogP) is 4.51. The van der Waals surface area contributed by atoms with E-state index in [0.29, 0.717) is 6.42 Å². The third-order valence-corrected chi connectivity index (χ3v) is 4.84. The molecular weight excluding hydrogens is 318 g/mol. The number of benzene rings is 2. The molecule has 2 aromatic carbocycles. The molecule has 2 rings (SSSR count). The maximum atomic E-state index is 11.3. The minimum atomic E-state index is -2.20. The highest BCUT2D eigenvalue weighted by Gasteiger charge is 2.41. The Bertz CT molecular complexity index is 637. The van der Waals surface area contributed by atoms with Crippen LogP contribution >= 0.6 is 12.4 Å². The van der Waals surface area contributed by atoms with Gasteiger partial charge in [0.15, 0.2) is 0 Å². The molecule has 0 spiro atoms. The van der Waals surface area contributed by atoms with Crippen LogP contribution < -0.4 is 0 Å². The van der Waals surface area contributed by atoms with Gasteiger partial charge < -0.3 is 10.0 Å². The standard InChI is InChI=1S/C21H29NO.ClH/c1-5-20(23)21(16-17(2)22(3)4,18-12-8-6-9-13-18)19-14-10-7-11-15-19;/h6-15,17,20,23H,5,16H2,1-4H3;1H/t17-,20+;/m1./s1/i1D3;. The van der Waals surface area contributed by atoms with Gasteiger partial charge in [-0.3, -0.25) is 0 Å². The summed E-state index contributed by atoms with van der Waals surface area (Å²) in [5, 5.41) is 11.3. The van der Waals surface area contributed by atoms with Crippen molar-refractivity contribution in [2.45, 2.75) is 44.2 Å². The minimum absolute atomic E-state index is 0. The summed E-state index contributed by atoms with van der Waals surface area (Å²) in [6.07, 6.45) is -0.662. The maximum absolute atomic E-state index is 11.3. The van der Waals surface area contributed by atoms with Crippen LogP contribution in [0.5, 0.6) is 0 Å². The van der Waals surface area contributed by atoms with Crippen LogP contribution in [0.15, 0.2) is 60.7 Å². The first-order valence-corrected chi connectivity index (χ1v) is 8.12. The summed E-state index contributed by atoms with van der Waals surface area (Å²) in [4.78, 5) is 2.10. The first-order valence-electron chi connectivity index (χ1n) is 9.62. The molecule has 2 aromatic rings. The predicted molar refractivity (Wildman–Crippen MR) is 105 cm³/mol. The maximum Gasteiger partial charge on any atom is 0.0675 e. The van der Waals surface area contributed by atoms with Crippen LogP contribution in [-0.4, -0.2) is 36.2 Å². The van der Waals surface area contributed by atoms with E-state index in [0.717, 1.165) is 11.1 Å². The summed E-state index contributed by atoms with van der Waals surface area (Å²) in [5.74, 6) is 0. The van der Waals surface area contributed by atoms with Gasteiger partial charge in [-0.05, 0) is 45.0 Å². The number of halogens is 1. The normalized spacial score (nSPS) is 16.5. The SMILES string of the molecule is Cl.[2H]C([2H])([2H])C[C@H](O)C(C[C@@H](C)N(C)C)(c1ccccc1)c1ccccc1. The van der Waals surface area contributed by atoms with Crippen molar-refractivity contribution in [2.24, 2.45) is 0 Å². The van der Waals surface area contributed by atoms with Gasteiger partial charge in [-0.25, -0.2) is 0 Å². The van der Waals surface area contributed by atoms with Crippen LogP contribution in [0.25, 0.3) is 0 Å². The molecule has 2 nitrogen and oxygen atoms in total. The Balaban J connectivity index is 0.00000364. The molecule has 0 aliphatic carbocycles. The highest BCUT2D eigenvalue weighted by molar-refractivity contribution is 5.85. The van der Waals surface area contributed by atoms with Crippen molar-refractivity contribution in [1.29, 1.82) is 0 Å². The van der Waals surface area contributed by atoms with Gasteiger partial charge in [0.05, 0.1) is 6.10 Å². The molecule has 0 heterocycles. The van der Waals surface area contributed by atoms with E-state index < -0.39 is 18.4 Å². The van der Waals surface area contributed by atoms with Crippen LogP contribution in [0, 0.1) is 0 Å². The summed E-state index contributed by atoms with van der Waals surface area (Å²) in [6.45, 7) is -0.0989. The van der Waals surface area contributed by atoms with E-state index >= 15 is 0 Å². The first-order chi connectivity index (χ1) is 12.2. The van der Waals surface area contributed by atoms with E-state index in [2.05, 4.69) is 11.8 Å². The summed E-state index contributed by atoms with van der Waals surface area (Å²) in [7, 11) is 4.00. The van der Waals surface area contributed by atoms with E-state index in [4.69, 9.17) is 4.11 Å². The van der Waals surface area contributed by atoms with Crippen molar-refractivity contribution in [1.82, 2.24) is 4.90 Å². The van der Waals surface area contributed by atoms with Crippen LogP contribution in [0.2, 0.25) is 0 Å². The number of hydrogen-bond donors (Lipinski definition) is 1. The monoisotopic (exact) mass is 350 g/mol. The fourth-order valence-electron chi connectivity index (χ4n) is 3.22. The van der Waals surface area contributed by atoms with Crippen molar-refractivity contribution in [2.75, 3.05) is 14.1 Å². The molecule has 1 N–H and O–H groups in total. The number of rotatable bonds is 7. The van der Waals surface area contributed by atoms with Gasteiger partial charge in [0, 0.05) is 15.6 Å². The largest absolute Gasteiger partial charge is 0.392 e. The highest BCUT2D eigenvalue weighted by Crippen LogP contribution is 2.41. The smallest absolute Gasteiger partial charge is 0.0675 e. The molecule has 3 heteroatoms. The second kappa shape index (κ2) is 9.22. The Morgan fingerprint density at radius 1 is 1.00 bits per heavy atom. The van der Waals surface area contributed by atoms with Crippen LogP contribution in [-0.2, 0) is 5.41 Å². The van der Waals surface area contributed by atoms with Crippen molar-refractivity contribution in [3.05, 3.63) is 71.8 Å². The average molecular weight is 351 g/mol. The van der Waals surface area contributed by atoms with Crippen LogP contribution in [0.4, 0.5) is 0 Å². The molecule has 132 valence electrons. The van der Waals surface area contributed by atoms with Crippen molar-refractivity contribution < 1.29 is 9.22 Å². The third-order valence-electron chi connectivity index (χ3n) is 4.84. The Kier molecular flexibility index (Phi) is 6.20. The van der Waals surface area contributed by atoms with Crippen molar-refractivity contribution in [3.63, 3.8) is 0 Å². The van der Waals surface area contributed by atoms with Gasteiger partial charge in [0.25, 0.3) is 0 Å². The Hall–Kier alpha value is -1.35. The number of aliphatic hydroxyl groups excluding tert-OH is 1. The van der Waals surface area contributed by atoms with E-state index in [-0.39, 0.29) is 24.9 Å². The molecule has 24 heavy (non-hydrogen) atoms. The van der Waals surface area contributed by atoms with Gasteiger partial charge in [-0.15, -0.1) is 12.4 Å². The van der Waals surface area contributed by atoms with E-state index in [9.17, 15) is 5.11 Å². The van der Waals surface area contributed by atoms with E-state index in [1.54, 1.807) is 0 Å². The fraction of sp³-hybridized carbons (Fsp3) is 0.429. The van der Waals surface area contributed by atoms with Gasteiger partial charge >= 0.3 is 0 Å². The molecule has 2 atom stereocenters. The van der Waals surface area contributed by atoms with Crippen LogP contribution in [0.1, 0.15) is 41.9 Å². The molecule has 0 aromatic heterocycles. The molecule has 0 aliphatic rings. The lowest BCUT2D eigenvalue weighted by Gasteiger charge is -2.42. The van der Waals surface area contributed by atoms with Gasteiger partial charge in [-0.2, -0.15) is 0 Å². The molecule has 0 unspecified atom stereocenters. The zero-order valence-corrected chi connectivity index (χ0v) is 15.5. The zero-order chi connectivity index (χ0) is 19.4. The molecule has 0 radical (unpaired) electrons. The third kappa shape index (κ3) is 4.18. The Morgan fingerprint density at radius 3 is 1.83 bits per heavy atom. The topological polar surface area (TPSA) is 23.5 Å². The summed E-state index contributed by atoms with van der Waals surface area (Å²) >= 11 is 0. The lowest BCUT2D eigenvalue weighted by molar-refractivity contribution is 0.0773. The first kappa shape index (κ1) is 16.1. The average Bonchev–Trinajstić information content (AvgIpc) is 2.59. The fourth-order valence-corrected chi connectivity index (χ4v) is 3.22. The molecule has 0 bridgehead atoms. The molecule has 0 fully saturated rings. The molecular formula is C21H30ClNO. The Morgan fingerprint density at radius 2 is 1.46 bits per heavy atom. The molecule has 0 amide bonds. The zero-order valence-electron chi connectivity index (χ0n) is 17.6. The number of hydrogen-bond acceptors (Lipinski definition) is 2. The van der Waals surface area contributed by atoms with Gasteiger partial charge in [0.2, 0.25) is 0 Å². The quantitative estimate of drug-likeness (QED) is 0.794. The van der Waals surface area contributed by atoms with Crippen LogP contribution in [0.3, 0.4) is 0 Å². The second-order valence-corrected chi connectivity index (χ2v) is 6.44. The summed E-state index contributed by atoms with van der Waals surface area (Å²) in [6, 6.07) is 19.7. The Labute approximate surface area is 157 Å². The number of nitrogens with zero attached hydrogens (tertiary/aromatic N) is 1. The molecule has 0 saturated heterocycles. The minimum Gasteiger partial charge on any atom is -0.392 e. The van der Waals surface area contributed by atoms with Gasteiger partial charge in [-0.1, -0.05) is 67.5 Å². The summed E-state index contributed by atoms with van der Waals surface area (Å²) < 4.78 is 23.1.